The SMILES string of the molecule is Cc1ccc(-c2nc(C[NH+]3CCN(c4ncccn4)CC3)cs2)cc1. The first-order valence-corrected chi connectivity index (χ1v) is 9.53. The van der Waals surface area contributed by atoms with Crippen molar-refractivity contribution in [3.8, 4) is 10.6 Å². The molecule has 0 atom stereocenters. The Morgan fingerprint density at radius 3 is 2.52 bits per heavy atom. The first-order valence-electron chi connectivity index (χ1n) is 8.65. The van der Waals surface area contributed by atoms with Gasteiger partial charge in [-0.25, -0.2) is 15.0 Å². The number of aromatic nitrogens is 3. The number of hydrogen-bond acceptors (Lipinski definition) is 5. The summed E-state index contributed by atoms with van der Waals surface area (Å²) in [6.07, 6.45) is 3.62. The molecule has 5 nitrogen and oxygen atoms in total. The van der Waals surface area contributed by atoms with E-state index in [2.05, 4.69) is 51.4 Å². The van der Waals surface area contributed by atoms with Gasteiger partial charge in [-0.15, -0.1) is 11.3 Å². The summed E-state index contributed by atoms with van der Waals surface area (Å²) in [6, 6.07) is 10.5. The van der Waals surface area contributed by atoms with Crippen molar-refractivity contribution in [1.29, 1.82) is 0 Å². The van der Waals surface area contributed by atoms with E-state index in [9.17, 15) is 0 Å². The van der Waals surface area contributed by atoms with Crippen molar-refractivity contribution < 1.29 is 4.90 Å². The van der Waals surface area contributed by atoms with Gasteiger partial charge in [0.2, 0.25) is 5.95 Å². The van der Waals surface area contributed by atoms with Crippen molar-refractivity contribution in [3.05, 3.63) is 59.4 Å². The standard InChI is InChI=1S/C19H21N5S/c1-15-3-5-16(6-4-15)18-22-17(14-25-18)13-23-9-11-24(12-10-23)19-20-7-2-8-21-19/h2-8,14H,9-13H2,1H3/p+1. The number of piperazine rings is 1. The van der Waals surface area contributed by atoms with Crippen molar-refractivity contribution in [1.82, 2.24) is 15.0 Å². The van der Waals surface area contributed by atoms with Crippen LogP contribution in [-0.4, -0.2) is 41.1 Å². The third-order valence-electron chi connectivity index (χ3n) is 4.59. The van der Waals surface area contributed by atoms with Gasteiger partial charge in [0.15, 0.2) is 0 Å². The highest BCUT2D eigenvalue weighted by molar-refractivity contribution is 7.13. The minimum Gasteiger partial charge on any atom is -0.330 e. The van der Waals surface area contributed by atoms with Crippen LogP contribution in [0.4, 0.5) is 5.95 Å². The first kappa shape index (κ1) is 16.2. The number of quaternary nitrogens is 1. The summed E-state index contributed by atoms with van der Waals surface area (Å²) < 4.78 is 0. The monoisotopic (exact) mass is 352 g/mol. The van der Waals surface area contributed by atoms with Gasteiger partial charge in [-0.05, 0) is 13.0 Å². The van der Waals surface area contributed by atoms with Gasteiger partial charge in [0.1, 0.15) is 17.2 Å². The molecule has 1 aliphatic rings. The highest BCUT2D eigenvalue weighted by Gasteiger charge is 2.22. The summed E-state index contributed by atoms with van der Waals surface area (Å²) >= 11 is 1.74. The molecule has 1 aromatic carbocycles. The van der Waals surface area contributed by atoms with E-state index in [-0.39, 0.29) is 0 Å². The number of anilines is 1. The summed E-state index contributed by atoms with van der Waals surface area (Å²) in [4.78, 5) is 17.4. The normalized spacial score (nSPS) is 15.5. The summed E-state index contributed by atoms with van der Waals surface area (Å²) in [5.74, 6) is 0.844. The maximum atomic E-state index is 4.84. The van der Waals surface area contributed by atoms with E-state index >= 15 is 0 Å². The molecule has 0 aliphatic carbocycles. The fourth-order valence-electron chi connectivity index (χ4n) is 3.13. The molecule has 0 saturated carbocycles. The number of nitrogens with one attached hydrogen (secondary N) is 1. The second-order valence-electron chi connectivity index (χ2n) is 6.47. The number of nitrogens with zero attached hydrogens (tertiary/aromatic N) is 4. The van der Waals surface area contributed by atoms with Gasteiger partial charge in [0.05, 0.1) is 26.2 Å². The van der Waals surface area contributed by atoms with Crippen LogP contribution in [0.15, 0.2) is 48.1 Å². The molecule has 0 spiro atoms. The van der Waals surface area contributed by atoms with E-state index in [1.165, 1.54) is 16.8 Å². The van der Waals surface area contributed by atoms with E-state index in [1.807, 2.05) is 18.5 Å². The molecule has 3 aromatic rings. The van der Waals surface area contributed by atoms with Gasteiger partial charge < -0.3 is 9.80 Å². The molecule has 1 N–H and O–H groups in total. The van der Waals surface area contributed by atoms with Gasteiger partial charge in [0.25, 0.3) is 0 Å². The van der Waals surface area contributed by atoms with E-state index in [1.54, 1.807) is 16.2 Å². The van der Waals surface area contributed by atoms with Crippen LogP contribution in [0, 0.1) is 6.92 Å². The number of hydrogen-bond donors (Lipinski definition) is 1. The van der Waals surface area contributed by atoms with Crippen LogP contribution in [-0.2, 0) is 6.54 Å². The largest absolute Gasteiger partial charge is 0.330 e. The zero-order valence-electron chi connectivity index (χ0n) is 14.4. The Balaban J connectivity index is 1.35. The van der Waals surface area contributed by atoms with Gasteiger partial charge in [-0.1, -0.05) is 29.8 Å². The molecule has 3 heterocycles. The van der Waals surface area contributed by atoms with Crippen molar-refractivity contribution in [2.24, 2.45) is 0 Å². The maximum Gasteiger partial charge on any atom is 0.225 e. The summed E-state index contributed by atoms with van der Waals surface area (Å²) in [5, 5.41) is 3.32. The molecule has 25 heavy (non-hydrogen) atoms. The minimum atomic E-state index is 0.844. The van der Waals surface area contributed by atoms with Gasteiger partial charge in [-0.3, -0.25) is 0 Å². The number of rotatable bonds is 4. The topological polar surface area (TPSA) is 46.4 Å². The Kier molecular flexibility index (Phi) is 4.72. The number of aryl methyl sites for hydroxylation is 1. The Labute approximate surface area is 152 Å². The predicted molar refractivity (Wildman–Crippen MR) is 101 cm³/mol. The van der Waals surface area contributed by atoms with Crippen molar-refractivity contribution in [2.75, 3.05) is 31.1 Å². The van der Waals surface area contributed by atoms with Crippen LogP contribution < -0.4 is 9.80 Å². The Bertz CT molecular complexity index is 807. The number of thiazole rings is 1. The summed E-state index contributed by atoms with van der Waals surface area (Å²) in [5.41, 5.74) is 3.69. The lowest BCUT2D eigenvalue weighted by atomic mass is 10.2. The van der Waals surface area contributed by atoms with E-state index in [0.717, 1.165) is 43.7 Å². The molecule has 1 aliphatic heterocycles. The molecule has 2 aromatic heterocycles. The molecule has 4 rings (SSSR count). The zero-order chi connectivity index (χ0) is 17.1. The summed E-state index contributed by atoms with van der Waals surface area (Å²) in [6.45, 7) is 7.28. The number of benzene rings is 1. The molecule has 128 valence electrons. The molecule has 0 unspecified atom stereocenters. The van der Waals surface area contributed by atoms with E-state index in [4.69, 9.17) is 4.98 Å². The lowest BCUT2D eigenvalue weighted by Gasteiger charge is -2.31. The van der Waals surface area contributed by atoms with Crippen LogP contribution in [0.3, 0.4) is 0 Å². The second-order valence-corrected chi connectivity index (χ2v) is 7.33. The maximum absolute atomic E-state index is 4.84. The molecule has 1 fully saturated rings. The quantitative estimate of drug-likeness (QED) is 0.778. The molecule has 0 bridgehead atoms. The second kappa shape index (κ2) is 7.29. The highest BCUT2D eigenvalue weighted by atomic mass is 32.1. The van der Waals surface area contributed by atoms with Crippen molar-refractivity contribution in [3.63, 3.8) is 0 Å². The zero-order valence-corrected chi connectivity index (χ0v) is 15.2. The van der Waals surface area contributed by atoms with Crippen LogP contribution in [0.25, 0.3) is 10.6 Å². The first-order chi connectivity index (χ1) is 12.3. The fraction of sp³-hybridized carbons (Fsp3) is 0.316. The molecule has 6 heteroatoms. The van der Waals surface area contributed by atoms with Crippen molar-refractivity contribution >= 4 is 17.3 Å². The molecular formula is C19H22N5S+. The average Bonchev–Trinajstić information content (AvgIpc) is 3.12. The predicted octanol–water partition coefficient (Wildman–Crippen LogP) is 1.81. The molecular weight excluding hydrogens is 330 g/mol. The smallest absolute Gasteiger partial charge is 0.225 e. The third-order valence-corrected chi connectivity index (χ3v) is 5.53. The van der Waals surface area contributed by atoms with Crippen LogP contribution in [0.1, 0.15) is 11.3 Å². The molecule has 1 saturated heterocycles. The van der Waals surface area contributed by atoms with Crippen LogP contribution >= 0.6 is 11.3 Å². The highest BCUT2D eigenvalue weighted by Crippen LogP contribution is 2.23. The van der Waals surface area contributed by atoms with Gasteiger partial charge >= 0.3 is 0 Å². The van der Waals surface area contributed by atoms with Crippen LogP contribution in [0.2, 0.25) is 0 Å². The van der Waals surface area contributed by atoms with E-state index < -0.39 is 0 Å². The molecule has 0 radical (unpaired) electrons. The fourth-order valence-corrected chi connectivity index (χ4v) is 3.95. The Morgan fingerprint density at radius 2 is 1.80 bits per heavy atom. The Morgan fingerprint density at radius 1 is 1.08 bits per heavy atom. The minimum absolute atomic E-state index is 0.844. The average molecular weight is 352 g/mol. The lowest BCUT2D eigenvalue weighted by Crippen LogP contribution is -3.13. The Hall–Kier alpha value is -2.31. The van der Waals surface area contributed by atoms with Crippen LogP contribution in [0.5, 0.6) is 0 Å². The van der Waals surface area contributed by atoms with E-state index in [0.29, 0.717) is 0 Å². The third kappa shape index (κ3) is 3.86. The lowest BCUT2D eigenvalue weighted by molar-refractivity contribution is -0.914. The van der Waals surface area contributed by atoms with Crippen molar-refractivity contribution in [2.45, 2.75) is 13.5 Å². The van der Waals surface area contributed by atoms with Gasteiger partial charge in [-0.2, -0.15) is 0 Å². The summed E-state index contributed by atoms with van der Waals surface area (Å²) in [7, 11) is 0. The van der Waals surface area contributed by atoms with Gasteiger partial charge in [0, 0.05) is 23.3 Å². The molecule has 0 amide bonds.